The van der Waals surface area contributed by atoms with Crippen LogP contribution >= 0.6 is 11.3 Å². The first-order valence-corrected chi connectivity index (χ1v) is 11.7. The second kappa shape index (κ2) is 10.5. The van der Waals surface area contributed by atoms with E-state index >= 15 is 0 Å². The van der Waals surface area contributed by atoms with Crippen LogP contribution in [0.15, 0.2) is 47.5 Å². The molecule has 0 saturated heterocycles. The number of aromatic amines is 1. The molecule has 0 aliphatic heterocycles. The average molecular weight is 479 g/mol. The summed E-state index contributed by atoms with van der Waals surface area (Å²) in [6.07, 6.45) is 4.02. The van der Waals surface area contributed by atoms with Gasteiger partial charge in [0.05, 0.1) is 12.5 Å². The Morgan fingerprint density at radius 1 is 1.12 bits per heavy atom. The molecule has 9 heteroatoms. The summed E-state index contributed by atoms with van der Waals surface area (Å²) >= 11 is 1.50. The second-order valence-electron chi connectivity index (χ2n) is 7.88. The molecule has 3 aromatic heterocycles. The number of benzene rings is 1. The van der Waals surface area contributed by atoms with Gasteiger partial charge in [-0.3, -0.25) is 14.6 Å². The molecular weight excluding hydrogens is 452 g/mol. The monoisotopic (exact) mass is 478 g/mol. The number of ether oxygens (including phenoxy) is 2. The van der Waals surface area contributed by atoms with Crippen molar-refractivity contribution in [1.29, 1.82) is 0 Å². The number of hydrogen-bond acceptors (Lipinski definition) is 7. The lowest BCUT2D eigenvalue weighted by atomic mass is 10.2. The van der Waals surface area contributed by atoms with Gasteiger partial charge in [0, 0.05) is 36.7 Å². The number of H-pyrrole nitrogens is 1. The van der Waals surface area contributed by atoms with Crippen LogP contribution in [-0.4, -0.2) is 28.0 Å². The quantitative estimate of drug-likeness (QED) is 0.379. The van der Waals surface area contributed by atoms with Crippen molar-refractivity contribution < 1.29 is 14.3 Å². The lowest BCUT2D eigenvalue weighted by Crippen LogP contribution is -2.23. The molecule has 4 rings (SSSR count). The number of thiophene rings is 1. The molecule has 2 N–H and O–H groups in total. The normalized spacial score (nSPS) is 10.9. The van der Waals surface area contributed by atoms with Gasteiger partial charge >= 0.3 is 0 Å². The van der Waals surface area contributed by atoms with Crippen LogP contribution in [0.5, 0.6) is 11.5 Å². The van der Waals surface area contributed by atoms with Crippen LogP contribution in [0.3, 0.4) is 0 Å². The third-order valence-corrected chi connectivity index (χ3v) is 6.64. The van der Waals surface area contributed by atoms with Gasteiger partial charge in [-0.15, -0.1) is 11.3 Å². The first-order chi connectivity index (χ1) is 16.4. The SMILES string of the molecule is COc1cc(CNC(=O)CCc2nc3sc(C)c(C)c3c(=O)[nH]2)ccc1OCc1ccncc1. The first-order valence-electron chi connectivity index (χ1n) is 10.9. The van der Waals surface area contributed by atoms with Crippen LogP contribution in [0.25, 0.3) is 10.2 Å². The Morgan fingerprint density at radius 2 is 1.91 bits per heavy atom. The highest BCUT2D eigenvalue weighted by Crippen LogP contribution is 2.29. The summed E-state index contributed by atoms with van der Waals surface area (Å²) in [6, 6.07) is 9.34. The molecule has 0 atom stereocenters. The highest BCUT2D eigenvalue weighted by molar-refractivity contribution is 7.18. The van der Waals surface area contributed by atoms with Gasteiger partial charge in [0.2, 0.25) is 5.91 Å². The third kappa shape index (κ3) is 5.43. The number of rotatable bonds is 9. The molecule has 0 aliphatic carbocycles. The summed E-state index contributed by atoms with van der Waals surface area (Å²) in [5, 5.41) is 3.54. The van der Waals surface area contributed by atoms with Gasteiger partial charge in [-0.25, -0.2) is 4.98 Å². The minimum absolute atomic E-state index is 0.127. The van der Waals surface area contributed by atoms with Crippen LogP contribution in [0.2, 0.25) is 0 Å². The van der Waals surface area contributed by atoms with Crippen LogP contribution in [0, 0.1) is 13.8 Å². The van der Waals surface area contributed by atoms with Gasteiger partial charge in [-0.05, 0) is 54.8 Å². The number of pyridine rings is 1. The minimum atomic E-state index is -0.152. The molecule has 0 fully saturated rings. The molecule has 8 nitrogen and oxygen atoms in total. The van der Waals surface area contributed by atoms with E-state index in [1.165, 1.54) is 11.3 Å². The number of carbonyl (C=O) groups excluding carboxylic acids is 1. The van der Waals surface area contributed by atoms with E-state index < -0.39 is 0 Å². The maximum absolute atomic E-state index is 12.4. The van der Waals surface area contributed by atoms with Crippen molar-refractivity contribution in [2.75, 3.05) is 7.11 Å². The summed E-state index contributed by atoms with van der Waals surface area (Å²) in [5.41, 5.74) is 2.70. The number of carbonyl (C=O) groups is 1. The van der Waals surface area contributed by atoms with Crippen LogP contribution in [0.1, 0.15) is 33.8 Å². The van der Waals surface area contributed by atoms with E-state index in [0.717, 1.165) is 21.6 Å². The van der Waals surface area contributed by atoms with E-state index in [9.17, 15) is 9.59 Å². The molecule has 3 heterocycles. The molecule has 0 unspecified atom stereocenters. The Balaban J connectivity index is 1.32. The maximum Gasteiger partial charge on any atom is 0.259 e. The molecule has 0 aliphatic rings. The van der Waals surface area contributed by atoms with Gasteiger partial charge in [0.25, 0.3) is 5.56 Å². The molecule has 1 aromatic carbocycles. The Morgan fingerprint density at radius 3 is 2.68 bits per heavy atom. The van der Waals surface area contributed by atoms with Gasteiger partial charge in [0.1, 0.15) is 17.3 Å². The highest BCUT2D eigenvalue weighted by atomic mass is 32.1. The largest absolute Gasteiger partial charge is 0.493 e. The number of amides is 1. The lowest BCUT2D eigenvalue weighted by Gasteiger charge is -2.13. The fourth-order valence-corrected chi connectivity index (χ4v) is 4.57. The summed E-state index contributed by atoms with van der Waals surface area (Å²) in [4.78, 5) is 37.9. The predicted octanol–water partition coefficient (Wildman–Crippen LogP) is 3.83. The van der Waals surface area contributed by atoms with Crippen molar-refractivity contribution in [1.82, 2.24) is 20.3 Å². The van der Waals surface area contributed by atoms with E-state index in [4.69, 9.17) is 9.47 Å². The average Bonchev–Trinajstić information content (AvgIpc) is 3.14. The van der Waals surface area contributed by atoms with Crippen molar-refractivity contribution >= 4 is 27.5 Å². The van der Waals surface area contributed by atoms with Gasteiger partial charge < -0.3 is 19.8 Å². The molecule has 4 aromatic rings. The van der Waals surface area contributed by atoms with E-state index in [2.05, 4.69) is 20.3 Å². The Bertz CT molecular complexity index is 1360. The van der Waals surface area contributed by atoms with E-state index in [1.807, 2.05) is 44.2 Å². The van der Waals surface area contributed by atoms with Crippen LogP contribution in [-0.2, 0) is 24.4 Å². The predicted molar refractivity (Wildman–Crippen MR) is 131 cm³/mol. The Hall–Kier alpha value is -3.72. The van der Waals surface area contributed by atoms with E-state index in [1.54, 1.807) is 19.5 Å². The Labute approximate surface area is 201 Å². The molecule has 0 saturated carbocycles. The minimum Gasteiger partial charge on any atom is -0.493 e. The van der Waals surface area contributed by atoms with Crippen molar-refractivity contribution in [3.05, 3.63) is 80.5 Å². The summed E-state index contributed by atoms with van der Waals surface area (Å²) < 4.78 is 11.3. The summed E-state index contributed by atoms with van der Waals surface area (Å²) in [5.74, 6) is 1.61. The standard InChI is InChI=1S/C25H26N4O4S/c1-15-16(2)34-25-23(15)24(31)28-21(29-25)6-7-22(30)27-13-18-4-5-19(20(12-18)32-3)33-14-17-8-10-26-11-9-17/h4-5,8-12H,6-7,13-14H2,1-3H3,(H,27,30)(H,28,29,31). The number of aryl methyl sites for hydroxylation is 3. The molecule has 34 heavy (non-hydrogen) atoms. The van der Waals surface area contributed by atoms with E-state index in [0.29, 0.717) is 47.1 Å². The number of nitrogens with one attached hydrogen (secondary N) is 2. The smallest absolute Gasteiger partial charge is 0.259 e. The van der Waals surface area contributed by atoms with Gasteiger partial charge in [-0.1, -0.05) is 6.07 Å². The zero-order chi connectivity index (χ0) is 24.1. The van der Waals surface area contributed by atoms with Crippen molar-refractivity contribution in [3.8, 4) is 11.5 Å². The molecule has 0 bridgehead atoms. The third-order valence-electron chi connectivity index (χ3n) is 5.54. The van der Waals surface area contributed by atoms with E-state index in [-0.39, 0.29) is 17.9 Å². The molecule has 0 spiro atoms. The molecule has 1 amide bonds. The number of nitrogens with zero attached hydrogens (tertiary/aromatic N) is 2. The molecular formula is C25H26N4O4S. The van der Waals surface area contributed by atoms with Crippen molar-refractivity contribution in [2.45, 2.75) is 39.8 Å². The molecule has 0 radical (unpaired) electrons. The zero-order valence-corrected chi connectivity index (χ0v) is 20.1. The molecule has 176 valence electrons. The number of fused-ring (bicyclic) bond motifs is 1. The Kier molecular flexibility index (Phi) is 7.22. The fourth-order valence-electron chi connectivity index (χ4n) is 3.52. The topological polar surface area (TPSA) is 106 Å². The second-order valence-corrected chi connectivity index (χ2v) is 9.09. The van der Waals surface area contributed by atoms with Crippen LogP contribution in [0.4, 0.5) is 0 Å². The van der Waals surface area contributed by atoms with Crippen LogP contribution < -0.4 is 20.3 Å². The van der Waals surface area contributed by atoms with Crippen molar-refractivity contribution in [3.63, 3.8) is 0 Å². The van der Waals surface area contributed by atoms with Gasteiger partial charge in [-0.2, -0.15) is 0 Å². The summed E-state index contributed by atoms with van der Waals surface area (Å²) in [6.45, 7) is 4.66. The first kappa shape index (κ1) is 23.4. The van der Waals surface area contributed by atoms with Crippen molar-refractivity contribution in [2.24, 2.45) is 0 Å². The zero-order valence-electron chi connectivity index (χ0n) is 19.3. The van der Waals surface area contributed by atoms with Gasteiger partial charge in [0.15, 0.2) is 11.5 Å². The fraction of sp³-hybridized carbons (Fsp3) is 0.280. The maximum atomic E-state index is 12.4. The lowest BCUT2D eigenvalue weighted by molar-refractivity contribution is -0.121. The number of hydrogen-bond donors (Lipinski definition) is 2. The highest BCUT2D eigenvalue weighted by Gasteiger charge is 2.13. The number of aromatic nitrogens is 3. The summed E-state index contributed by atoms with van der Waals surface area (Å²) in [7, 11) is 1.58. The number of methoxy groups -OCH3 is 1.